The summed E-state index contributed by atoms with van der Waals surface area (Å²) in [7, 11) is 0. The van der Waals surface area contributed by atoms with Gasteiger partial charge in [0.15, 0.2) is 0 Å². The smallest absolute Gasteiger partial charge is 0.254 e. The lowest BCUT2D eigenvalue weighted by Gasteiger charge is -2.25. The number of ether oxygens (including phenoxy) is 1. The fraction of sp³-hybridized carbons (Fsp3) is 0.611. The molecule has 112 valence electrons. The summed E-state index contributed by atoms with van der Waals surface area (Å²) in [4.78, 5) is 15.0. The number of rotatable bonds is 4. The van der Waals surface area contributed by atoms with Crippen LogP contribution in [0.5, 0.6) is 0 Å². The Morgan fingerprint density at radius 3 is 2.81 bits per heavy atom. The van der Waals surface area contributed by atoms with E-state index in [4.69, 9.17) is 4.74 Å². The molecule has 2 aliphatic carbocycles. The van der Waals surface area contributed by atoms with E-state index in [1.54, 1.807) is 0 Å². The first-order chi connectivity index (χ1) is 10.3. The molecule has 1 aromatic rings. The minimum atomic E-state index is 0.235. The van der Waals surface area contributed by atoms with Crippen LogP contribution in [0.15, 0.2) is 18.2 Å². The molecular formula is C18H23NO2. The number of hydrogen-bond acceptors (Lipinski definition) is 2. The summed E-state index contributed by atoms with van der Waals surface area (Å²) >= 11 is 0. The van der Waals surface area contributed by atoms with Gasteiger partial charge in [-0.1, -0.05) is 6.07 Å². The molecule has 0 spiro atoms. The van der Waals surface area contributed by atoms with Gasteiger partial charge in [0.1, 0.15) is 0 Å². The van der Waals surface area contributed by atoms with Crippen molar-refractivity contribution in [2.24, 2.45) is 5.92 Å². The minimum absolute atomic E-state index is 0.235. The predicted octanol–water partition coefficient (Wildman–Crippen LogP) is 2.82. The van der Waals surface area contributed by atoms with Crippen LogP contribution in [-0.4, -0.2) is 36.6 Å². The first kappa shape index (κ1) is 13.3. The number of benzene rings is 1. The summed E-state index contributed by atoms with van der Waals surface area (Å²) in [6, 6.07) is 6.82. The van der Waals surface area contributed by atoms with Gasteiger partial charge in [0, 0.05) is 30.7 Å². The topological polar surface area (TPSA) is 29.5 Å². The van der Waals surface area contributed by atoms with E-state index in [0.29, 0.717) is 12.0 Å². The lowest BCUT2D eigenvalue weighted by molar-refractivity contribution is 0.0706. The summed E-state index contributed by atoms with van der Waals surface area (Å²) in [6.45, 7) is 2.55. The molecule has 1 heterocycles. The van der Waals surface area contributed by atoms with Gasteiger partial charge in [-0.15, -0.1) is 0 Å². The third kappa shape index (κ3) is 2.71. The van der Waals surface area contributed by atoms with Crippen LogP contribution in [0.3, 0.4) is 0 Å². The third-order valence-electron chi connectivity index (χ3n) is 5.07. The maximum Gasteiger partial charge on any atom is 0.254 e. The van der Waals surface area contributed by atoms with E-state index in [9.17, 15) is 4.79 Å². The number of fused-ring (bicyclic) bond motifs is 1. The highest BCUT2D eigenvalue weighted by Gasteiger charge is 2.35. The summed E-state index contributed by atoms with van der Waals surface area (Å²) in [6.07, 6.45) is 6.99. The summed E-state index contributed by atoms with van der Waals surface area (Å²) in [5, 5.41) is 0. The van der Waals surface area contributed by atoms with Gasteiger partial charge in [-0.05, 0) is 61.8 Å². The number of hydrogen-bond donors (Lipinski definition) is 0. The van der Waals surface area contributed by atoms with Crippen LogP contribution in [0.1, 0.15) is 47.2 Å². The van der Waals surface area contributed by atoms with Crippen LogP contribution < -0.4 is 0 Å². The molecule has 1 aromatic carbocycles. The van der Waals surface area contributed by atoms with Gasteiger partial charge in [0.2, 0.25) is 0 Å². The van der Waals surface area contributed by atoms with Crippen LogP contribution in [0.2, 0.25) is 0 Å². The number of carbonyl (C=O) groups excluding carboxylic acids is 1. The van der Waals surface area contributed by atoms with Crippen LogP contribution >= 0.6 is 0 Å². The van der Waals surface area contributed by atoms with Crippen molar-refractivity contribution in [1.29, 1.82) is 0 Å². The van der Waals surface area contributed by atoms with Gasteiger partial charge < -0.3 is 9.64 Å². The Kier molecular flexibility index (Phi) is 3.46. The molecular weight excluding hydrogens is 262 g/mol. The quantitative estimate of drug-likeness (QED) is 0.851. The first-order valence-electron chi connectivity index (χ1n) is 8.32. The molecule has 0 bridgehead atoms. The average Bonchev–Trinajstić information content (AvgIpc) is 3.02. The molecule has 0 N–H and O–H groups in total. The average molecular weight is 285 g/mol. The molecule has 2 fully saturated rings. The maximum atomic E-state index is 12.9. The van der Waals surface area contributed by atoms with E-state index < -0.39 is 0 Å². The van der Waals surface area contributed by atoms with E-state index in [1.807, 2.05) is 6.07 Å². The number of nitrogens with zero attached hydrogens (tertiary/aromatic N) is 1. The standard InChI is InChI=1S/C18H23NO2/c20-18(16-5-4-14-2-1-3-15(14)10-16)19(17-6-7-17)11-13-8-9-21-12-13/h4-5,10,13,17H,1-3,6-9,11-12H2. The van der Waals surface area contributed by atoms with Gasteiger partial charge in [0.05, 0.1) is 6.61 Å². The Hall–Kier alpha value is -1.35. The van der Waals surface area contributed by atoms with Crippen molar-refractivity contribution in [1.82, 2.24) is 4.90 Å². The van der Waals surface area contributed by atoms with E-state index in [-0.39, 0.29) is 5.91 Å². The highest BCUT2D eigenvalue weighted by Crippen LogP contribution is 2.31. The van der Waals surface area contributed by atoms with Crippen molar-refractivity contribution >= 4 is 5.91 Å². The maximum absolute atomic E-state index is 12.9. The van der Waals surface area contributed by atoms with Crippen LogP contribution in [-0.2, 0) is 17.6 Å². The molecule has 4 rings (SSSR count). The van der Waals surface area contributed by atoms with Gasteiger partial charge in [-0.2, -0.15) is 0 Å². The van der Waals surface area contributed by atoms with Gasteiger partial charge in [-0.3, -0.25) is 4.79 Å². The van der Waals surface area contributed by atoms with Crippen molar-refractivity contribution < 1.29 is 9.53 Å². The van der Waals surface area contributed by atoms with Crippen LogP contribution in [0, 0.1) is 5.92 Å². The minimum Gasteiger partial charge on any atom is -0.381 e. The van der Waals surface area contributed by atoms with Crippen LogP contribution in [0.4, 0.5) is 0 Å². The summed E-state index contributed by atoms with van der Waals surface area (Å²) < 4.78 is 5.47. The van der Waals surface area contributed by atoms with E-state index in [0.717, 1.165) is 38.2 Å². The molecule has 0 aromatic heterocycles. The van der Waals surface area contributed by atoms with Crippen molar-refractivity contribution in [2.75, 3.05) is 19.8 Å². The van der Waals surface area contributed by atoms with E-state index in [2.05, 4.69) is 17.0 Å². The lowest BCUT2D eigenvalue weighted by Crippen LogP contribution is -2.37. The van der Waals surface area contributed by atoms with Gasteiger partial charge in [0.25, 0.3) is 5.91 Å². The SMILES string of the molecule is O=C(c1ccc2c(c1)CCC2)N(CC1CCOC1)C1CC1. The highest BCUT2D eigenvalue weighted by molar-refractivity contribution is 5.95. The summed E-state index contributed by atoms with van der Waals surface area (Å²) in [5.74, 6) is 0.767. The Labute approximate surface area is 126 Å². The zero-order valence-electron chi connectivity index (χ0n) is 12.5. The van der Waals surface area contributed by atoms with Crippen molar-refractivity contribution in [3.63, 3.8) is 0 Å². The van der Waals surface area contributed by atoms with Crippen molar-refractivity contribution in [3.05, 3.63) is 34.9 Å². The first-order valence-corrected chi connectivity index (χ1v) is 8.32. The fourth-order valence-corrected chi connectivity index (χ4v) is 3.66. The largest absolute Gasteiger partial charge is 0.381 e. The monoisotopic (exact) mass is 285 g/mol. The molecule has 1 saturated carbocycles. The molecule has 3 heteroatoms. The Morgan fingerprint density at radius 1 is 1.19 bits per heavy atom. The second-order valence-corrected chi connectivity index (χ2v) is 6.76. The predicted molar refractivity (Wildman–Crippen MR) is 81.5 cm³/mol. The Balaban J connectivity index is 1.53. The molecule has 3 aliphatic rings. The number of aryl methyl sites for hydroxylation is 2. The van der Waals surface area contributed by atoms with Crippen molar-refractivity contribution in [3.8, 4) is 0 Å². The zero-order valence-corrected chi connectivity index (χ0v) is 12.5. The molecule has 1 aliphatic heterocycles. The molecule has 0 radical (unpaired) electrons. The Bertz CT molecular complexity index is 544. The van der Waals surface area contributed by atoms with Gasteiger partial charge >= 0.3 is 0 Å². The van der Waals surface area contributed by atoms with Crippen LogP contribution in [0.25, 0.3) is 0 Å². The molecule has 21 heavy (non-hydrogen) atoms. The number of carbonyl (C=O) groups is 1. The lowest BCUT2D eigenvalue weighted by atomic mass is 10.0. The summed E-state index contributed by atoms with van der Waals surface area (Å²) in [5.41, 5.74) is 3.72. The molecule has 1 unspecified atom stereocenters. The normalized spacial score (nSPS) is 24.1. The molecule has 1 amide bonds. The van der Waals surface area contributed by atoms with Crippen molar-refractivity contribution in [2.45, 2.75) is 44.6 Å². The number of amides is 1. The molecule has 1 atom stereocenters. The second-order valence-electron chi connectivity index (χ2n) is 6.76. The van der Waals surface area contributed by atoms with Gasteiger partial charge in [-0.25, -0.2) is 0 Å². The third-order valence-corrected chi connectivity index (χ3v) is 5.07. The fourth-order valence-electron chi connectivity index (χ4n) is 3.66. The second kappa shape index (κ2) is 5.45. The Morgan fingerprint density at radius 2 is 2.05 bits per heavy atom. The molecule has 1 saturated heterocycles. The van der Waals surface area contributed by atoms with E-state index in [1.165, 1.54) is 36.8 Å². The zero-order chi connectivity index (χ0) is 14.2. The van der Waals surface area contributed by atoms with E-state index >= 15 is 0 Å². The molecule has 3 nitrogen and oxygen atoms in total. The highest BCUT2D eigenvalue weighted by atomic mass is 16.5.